The molecule has 0 saturated carbocycles. The van der Waals surface area contributed by atoms with E-state index in [2.05, 4.69) is 4.98 Å². The van der Waals surface area contributed by atoms with Crippen LogP contribution >= 0.6 is 11.3 Å². The maximum absolute atomic E-state index is 11.4. The van der Waals surface area contributed by atoms with Gasteiger partial charge in [-0.1, -0.05) is 42.5 Å². The monoisotopic (exact) mass is 281 g/mol. The molecule has 4 heteroatoms. The van der Waals surface area contributed by atoms with Crippen molar-refractivity contribution in [3.8, 4) is 0 Å². The second kappa shape index (κ2) is 5.27. The predicted octanol–water partition coefficient (Wildman–Crippen LogP) is 3.92. The van der Waals surface area contributed by atoms with E-state index in [0.717, 1.165) is 10.2 Å². The summed E-state index contributed by atoms with van der Waals surface area (Å²) in [5.41, 5.74) is 1.82. The molecule has 20 heavy (non-hydrogen) atoms. The molecule has 1 N–H and O–H groups in total. The van der Waals surface area contributed by atoms with Gasteiger partial charge in [0.25, 0.3) is 0 Å². The molecule has 2 aromatic carbocycles. The Hall–Kier alpha value is -2.46. The summed E-state index contributed by atoms with van der Waals surface area (Å²) in [5, 5.41) is 10.1. The minimum atomic E-state index is -0.949. The Morgan fingerprint density at radius 2 is 1.75 bits per heavy atom. The molecular weight excluding hydrogens is 270 g/mol. The van der Waals surface area contributed by atoms with Crippen molar-refractivity contribution in [3.05, 3.63) is 65.2 Å². The van der Waals surface area contributed by atoms with Crippen LogP contribution in [0.3, 0.4) is 0 Å². The molecule has 0 aliphatic carbocycles. The maximum atomic E-state index is 11.4. The van der Waals surface area contributed by atoms with Gasteiger partial charge in [0.15, 0.2) is 0 Å². The van der Waals surface area contributed by atoms with Crippen molar-refractivity contribution in [2.24, 2.45) is 0 Å². The maximum Gasteiger partial charge on any atom is 0.336 e. The molecule has 3 aromatic rings. The van der Waals surface area contributed by atoms with Gasteiger partial charge in [-0.15, -0.1) is 11.3 Å². The topological polar surface area (TPSA) is 50.2 Å². The average molecular weight is 281 g/mol. The first kappa shape index (κ1) is 12.6. The van der Waals surface area contributed by atoms with Gasteiger partial charge >= 0.3 is 5.97 Å². The van der Waals surface area contributed by atoms with E-state index in [9.17, 15) is 9.90 Å². The predicted molar refractivity (Wildman–Crippen MR) is 81.6 cm³/mol. The zero-order chi connectivity index (χ0) is 13.9. The molecule has 0 spiro atoms. The number of nitrogens with zero attached hydrogens (tertiary/aromatic N) is 1. The molecule has 1 heterocycles. The number of benzene rings is 2. The fourth-order valence-corrected chi connectivity index (χ4v) is 2.87. The lowest BCUT2D eigenvalue weighted by Crippen LogP contribution is -1.99. The van der Waals surface area contributed by atoms with E-state index in [1.807, 2.05) is 42.5 Å². The van der Waals surface area contributed by atoms with Crippen molar-refractivity contribution in [1.82, 2.24) is 4.98 Å². The van der Waals surface area contributed by atoms with Crippen LogP contribution in [0.15, 0.2) is 54.6 Å². The first-order valence-electron chi connectivity index (χ1n) is 6.10. The van der Waals surface area contributed by atoms with Crippen LogP contribution in [0.25, 0.3) is 21.9 Å². The van der Waals surface area contributed by atoms with Crippen molar-refractivity contribution in [3.63, 3.8) is 0 Å². The largest absolute Gasteiger partial charge is 0.478 e. The van der Waals surface area contributed by atoms with Gasteiger partial charge < -0.3 is 5.11 Å². The third-order valence-corrected chi connectivity index (χ3v) is 3.88. The molecule has 0 aliphatic heterocycles. The molecule has 1 aromatic heterocycles. The molecule has 98 valence electrons. The number of para-hydroxylation sites is 1. The lowest BCUT2D eigenvalue weighted by Gasteiger charge is -2.00. The van der Waals surface area contributed by atoms with E-state index in [0.29, 0.717) is 10.6 Å². The second-order valence-electron chi connectivity index (χ2n) is 4.25. The molecule has 3 nitrogen and oxygen atoms in total. The molecule has 3 rings (SSSR count). The van der Waals surface area contributed by atoms with Crippen LogP contribution in [-0.4, -0.2) is 16.1 Å². The summed E-state index contributed by atoms with van der Waals surface area (Å²) in [6, 6.07) is 16.9. The van der Waals surface area contributed by atoms with Crippen LogP contribution < -0.4 is 0 Å². The van der Waals surface area contributed by atoms with E-state index in [-0.39, 0.29) is 5.57 Å². The summed E-state index contributed by atoms with van der Waals surface area (Å²) in [6.07, 6.45) is 1.63. The summed E-state index contributed by atoms with van der Waals surface area (Å²) in [6.45, 7) is 0. The Labute approximate surface area is 119 Å². The zero-order valence-electron chi connectivity index (χ0n) is 10.5. The van der Waals surface area contributed by atoms with Gasteiger partial charge in [-0.3, -0.25) is 0 Å². The Bertz CT molecular complexity index is 757. The van der Waals surface area contributed by atoms with Gasteiger partial charge in [0.05, 0.1) is 15.8 Å². The number of carboxylic acids is 1. The summed E-state index contributed by atoms with van der Waals surface area (Å²) >= 11 is 1.49. The lowest BCUT2D eigenvalue weighted by molar-refractivity contribution is -0.130. The molecular formula is C16H11NO2S. The Morgan fingerprint density at radius 3 is 2.45 bits per heavy atom. The smallest absolute Gasteiger partial charge is 0.336 e. The third-order valence-electron chi connectivity index (χ3n) is 2.89. The molecule has 0 amide bonds. The first-order chi connectivity index (χ1) is 9.74. The number of thiazole rings is 1. The Balaban J connectivity index is 2.09. The summed E-state index contributed by atoms with van der Waals surface area (Å²) in [5.74, 6) is -0.949. The van der Waals surface area contributed by atoms with Gasteiger partial charge in [-0.05, 0) is 23.8 Å². The van der Waals surface area contributed by atoms with Gasteiger partial charge in [0.2, 0.25) is 0 Å². The standard InChI is InChI=1S/C16H11NO2S/c18-16(19)12(11-6-2-1-3-7-11)10-15-17-13-8-4-5-9-14(13)20-15/h1-10H,(H,18,19)/b12-10-. The quantitative estimate of drug-likeness (QED) is 0.740. The number of fused-ring (bicyclic) bond motifs is 1. The van der Waals surface area contributed by atoms with Crippen LogP contribution in [0.2, 0.25) is 0 Å². The third kappa shape index (κ3) is 2.46. The second-order valence-corrected chi connectivity index (χ2v) is 5.31. The number of hydrogen-bond donors (Lipinski definition) is 1. The van der Waals surface area contributed by atoms with Gasteiger partial charge in [0.1, 0.15) is 5.01 Å². The van der Waals surface area contributed by atoms with Crippen LogP contribution in [0.1, 0.15) is 10.6 Å². The summed E-state index contributed by atoms with van der Waals surface area (Å²) < 4.78 is 1.05. The average Bonchev–Trinajstić information content (AvgIpc) is 2.88. The molecule has 0 fully saturated rings. The van der Waals surface area contributed by atoms with Gasteiger partial charge in [-0.25, -0.2) is 9.78 Å². The molecule has 0 atom stereocenters. The fraction of sp³-hybridized carbons (Fsp3) is 0. The summed E-state index contributed by atoms with van der Waals surface area (Å²) in [4.78, 5) is 15.9. The zero-order valence-corrected chi connectivity index (χ0v) is 11.3. The number of rotatable bonds is 3. The van der Waals surface area contributed by atoms with Crippen molar-refractivity contribution in [2.45, 2.75) is 0 Å². The molecule has 0 saturated heterocycles. The SMILES string of the molecule is O=C(O)/C(=C\c1nc2ccccc2s1)c1ccccc1. The van der Waals surface area contributed by atoms with Crippen LogP contribution in [0, 0.1) is 0 Å². The van der Waals surface area contributed by atoms with Gasteiger partial charge in [-0.2, -0.15) is 0 Å². The van der Waals surface area contributed by atoms with E-state index in [1.165, 1.54) is 11.3 Å². The molecule has 0 bridgehead atoms. The van der Waals surface area contributed by atoms with Crippen LogP contribution in [0.5, 0.6) is 0 Å². The Morgan fingerprint density at radius 1 is 1.05 bits per heavy atom. The fourth-order valence-electron chi connectivity index (χ4n) is 1.96. The number of aromatic nitrogens is 1. The van der Waals surface area contributed by atoms with Crippen LogP contribution in [0.4, 0.5) is 0 Å². The highest BCUT2D eigenvalue weighted by Gasteiger charge is 2.11. The first-order valence-corrected chi connectivity index (χ1v) is 6.92. The molecule has 0 radical (unpaired) electrons. The molecule has 0 aliphatic rings. The van der Waals surface area contributed by atoms with Crippen molar-refractivity contribution in [2.75, 3.05) is 0 Å². The highest BCUT2D eigenvalue weighted by atomic mass is 32.1. The highest BCUT2D eigenvalue weighted by molar-refractivity contribution is 7.19. The van der Waals surface area contributed by atoms with E-state index < -0.39 is 5.97 Å². The number of hydrogen-bond acceptors (Lipinski definition) is 3. The number of carbonyl (C=O) groups is 1. The minimum absolute atomic E-state index is 0.254. The van der Waals surface area contributed by atoms with Crippen molar-refractivity contribution >= 4 is 39.2 Å². The Kier molecular flexibility index (Phi) is 3.31. The van der Waals surface area contributed by atoms with E-state index in [4.69, 9.17) is 0 Å². The molecule has 0 unspecified atom stereocenters. The number of carboxylic acid groups (broad SMARTS) is 1. The van der Waals surface area contributed by atoms with Crippen molar-refractivity contribution in [1.29, 1.82) is 0 Å². The lowest BCUT2D eigenvalue weighted by atomic mass is 10.1. The minimum Gasteiger partial charge on any atom is -0.478 e. The van der Waals surface area contributed by atoms with E-state index in [1.54, 1.807) is 18.2 Å². The van der Waals surface area contributed by atoms with Gasteiger partial charge in [0, 0.05) is 0 Å². The van der Waals surface area contributed by atoms with E-state index >= 15 is 0 Å². The van der Waals surface area contributed by atoms with Crippen molar-refractivity contribution < 1.29 is 9.90 Å². The normalized spacial score (nSPS) is 11.7. The summed E-state index contributed by atoms with van der Waals surface area (Å²) in [7, 11) is 0. The highest BCUT2D eigenvalue weighted by Crippen LogP contribution is 2.25. The number of aliphatic carboxylic acids is 1. The van der Waals surface area contributed by atoms with Crippen LogP contribution in [-0.2, 0) is 4.79 Å².